The lowest BCUT2D eigenvalue weighted by Gasteiger charge is -2.16. The topological polar surface area (TPSA) is 91.0 Å². The van der Waals surface area contributed by atoms with Crippen molar-refractivity contribution in [2.24, 2.45) is 20.0 Å². The highest BCUT2D eigenvalue weighted by Gasteiger charge is 2.42. The van der Waals surface area contributed by atoms with Crippen molar-refractivity contribution in [2.45, 2.75) is 19.3 Å². The molecule has 0 bridgehead atoms. The molecule has 0 aliphatic heterocycles. The Morgan fingerprint density at radius 2 is 2.00 bits per heavy atom. The molecule has 0 radical (unpaired) electrons. The number of nitrogens with zero attached hydrogens (tertiary/aromatic N) is 7. The van der Waals surface area contributed by atoms with Gasteiger partial charge in [-0.05, 0) is 19.4 Å². The van der Waals surface area contributed by atoms with Crippen molar-refractivity contribution in [3.8, 4) is 5.88 Å². The van der Waals surface area contributed by atoms with Crippen LogP contribution in [-0.4, -0.2) is 43.4 Å². The van der Waals surface area contributed by atoms with Gasteiger partial charge in [-0.15, -0.1) is 15.3 Å². The monoisotopic (exact) mass is 437 g/mol. The number of hydrogen-bond donors (Lipinski definition) is 0. The van der Waals surface area contributed by atoms with Gasteiger partial charge in [0, 0.05) is 44.4 Å². The zero-order valence-corrected chi connectivity index (χ0v) is 18.6. The summed E-state index contributed by atoms with van der Waals surface area (Å²) in [6, 6.07) is 9.97. The fourth-order valence-corrected chi connectivity index (χ4v) is 4.54. The lowest BCUT2D eigenvalue weighted by molar-refractivity contribution is 0.278. The van der Waals surface area contributed by atoms with Crippen LogP contribution in [0.4, 0.5) is 10.8 Å². The van der Waals surface area contributed by atoms with Crippen LogP contribution in [0.3, 0.4) is 0 Å². The number of benzene rings is 1. The molecule has 31 heavy (non-hydrogen) atoms. The minimum absolute atomic E-state index is 0.216. The van der Waals surface area contributed by atoms with Crippen LogP contribution in [0.2, 0.25) is 0 Å². The van der Waals surface area contributed by atoms with Crippen LogP contribution in [-0.2, 0) is 14.1 Å². The standard InChI is InChI=1S/C21H23N7O2S/c1-12-22-23-21(31-12)26(2)17-10-18(24-28(4)20(17)29)30-11-13-9-15(13)19-14-7-5-6-8-16(14)27(3)25-19/h5-8,10,13,15H,9,11H2,1-4H3/t13-,15+/m1/s1. The van der Waals surface area contributed by atoms with Crippen molar-refractivity contribution in [2.75, 3.05) is 18.6 Å². The van der Waals surface area contributed by atoms with E-state index in [0.717, 1.165) is 22.6 Å². The largest absolute Gasteiger partial charge is 0.476 e. The highest BCUT2D eigenvalue weighted by molar-refractivity contribution is 7.15. The van der Waals surface area contributed by atoms with Crippen molar-refractivity contribution < 1.29 is 4.74 Å². The molecule has 0 saturated heterocycles. The summed E-state index contributed by atoms with van der Waals surface area (Å²) >= 11 is 1.43. The highest BCUT2D eigenvalue weighted by atomic mass is 32.1. The molecule has 0 unspecified atom stereocenters. The normalized spacial score (nSPS) is 17.8. The quantitative estimate of drug-likeness (QED) is 0.458. The molecule has 160 valence electrons. The number of fused-ring (bicyclic) bond motifs is 1. The van der Waals surface area contributed by atoms with Gasteiger partial charge in [-0.1, -0.05) is 29.5 Å². The Balaban J connectivity index is 1.32. The van der Waals surface area contributed by atoms with Crippen molar-refractivity contribution in [1.29, 1.82) is 0 Å². The van der Waals surface area contributed by atoms with Gasteiger partial charge in [0.2, 0.25) is 11.0 Å². The smallest absolute Gasteiger partial charge is 0.290 e. The zero-order chi connectivity index (χ0) is 21.7. The van der Waals surface area contributed by atoms with Gasteiger partial charge in [-0.25, -0.2) is 4.68 Å². The molecule has 10 heteroatoms. The first-order chi connectivity index (χ1) is 14.9. The van der Waals surface area contributed by atoms with Gasteiger partial charge in [0.05, 0.1) is 17.8 Å². The summed E-state index contributed by atoms with van der Waals surface area (Å²) in [6.07, 6.45) is 1.03. The Hall–Kier alpha value is -3.27. The third-order valence-corrected chi connectivity index (χ3v) is 6.61. The predicted molar refractivity (Wildman–Crippen MR) is 119 cm³/mol. The molecular weight excluding hydrogens is 414 g/mol. The molecule has 1 aliphatic carbocycles. The fourth-order valence-electron chi connectivity index (χ4n) is 3.88. The molecule has 9 nitrogen and oxygen atoms in total. The number of hydrogen-bond acceptors (Lipinski definition) is 8. The van der Waals surface area contributed by atoms with Gasteiger partial charge in [0.15, 0.2) is 0 Å². The molecule has 2 atom stereocenters. The maximum atomic E-state index is 12.6. The van der Waals surface area contributed by atoms with Gasteiger partial charge in [-0.2, -0.15) is 5.10 Å². The zero-order valence-electron chi connectivity index (χ0n) is 17.8. The Morgan fingerprint density at radius 1 is 1.19 bits per heavy atom. The van der Waals surface area contributed by atoms with E-state index in [1.54, 1.807) is 25.1 Å². The summed E-state index contributed by atoms with van der Waals surface area (Å²) in [7, 11) is 5.40. The summed E-state index contributed by atoms with van der Waals surface area (Å²) < 4.78 is 9.24. The van der Waals surface area contributed by atoms with Gasteiger partial charge < -0.3 is 9.64 Å². The summed E-state index contributed by atoms with van der Waals surface area (Å²) in [4.78, 5) is 14.3. The van der Waals surface area contributed by atoms with E-state index in [1.165, 1.54) is 21.4 Å². The third kappa shape index (κ3) is 3.56. The van der Waals surface area contributed by atoms with E-state index in [4.69, 9.17) is 9.84 Å². The van der Waals surface area contributed by atoms with Crippen molar-refractivity contribution in [3.05, 3.63) is 51.4 Å². The average molecular weight is 438 g/mol. The van der Waals surface area contributed by atoms with E-state index in [2.05, 4.69) is 27.4 Å². The summed E-state index contributed by atoms with van der Waals surface area (Å²) in [5, 5.41) is 19.8. The molecule has 3 heterocycles. The minimum Gasteiger partial charge on any atom is -0.476 e. The van der Waals surface area contributed by atoms with Gasteiger partial charge in [0.1, 0.15) is 10.7 Å². The summed E-state index contributed by atoms with van der Waals surface area (Å²) in [5.74, 6) is 1.18. The number of aryl methyl sites for hydroxylation is 3. The summed E-state index contributed by atoms with van der Waals surface area (Å²) in [6.45, 7) is 2.41. The van der Waals surface area contributed by atoms with Crippen LogP contribution in [0, 0.1) is 12.8 Å². The lowest BCUT2D eigenvalue weighted by Crippen LogP contribution is -2.27. The first-order valence-electron chi connectivity index (χ1n) is 10.1. The number of rotatable bonds is 6. The predicted octanol–water partition coefficient (Wildman–Crippen LogP) is 2.78. The first-order valence-corrected chi connectivity index (χ1v) is 10.9. The maximum Gasteiger partial charge on any atom is 0.290 e. The van der Waals surface area contributed by atoms with E-state index in [0.29, 0.717) is 35.1 Å². The SMILES string of the molecule is Cc1nnc(N(C)c2cc(OC[C@H]3C[C@@H]3c3nn(C)c4ccccc34)nn(C)c2=O)s1. The Morgan fingerprint density at radius 3 is 2.77 bits per heavy atom. The molecule has 1 aromatic carbocycles. The molecule has 0 amide bonds. The molecule has 1 saturated carbocycles. The van der Waals surface area contributed by atoms with Crippen LogP contribution in [0.5, 0.6) is 5.88 Å². The van der Waals surface area contributed by atoms with Gasteiger partial charge in [-0.3, -0.25) is 9.48 Å². The van der Waals surface area contributed by atoms with Crippen LogP contribution in [0.25, 0.3) is 10.9 Å². The molecule has 4 aromatic rings. The summed E-state index contributed by atoms with van der Waals surface area (Å²) in [5.41, 5.74) is 2.51. The van der Waals surface area contributed by atoms with Crippen LogP contribution in [0.15, 0.2) is 35.1 Å². The van der Waals surface area contributed by atoms with Crippen molar-refractivity contribution in [1.82, 2.24) is 29.8 Å². The van der Waals surface area contributed by atoms with E-state index in [-0.39, 0.29) is 5.56 Å². The van der Waals surface area contributed by atoms with E-state index < -0.39 is 0 Å². The Kier molecular flexibility index (Phi) is 4.73. The number of anilines is 2. The van der Waals surface area contributed by atoms with Crippen molar-refractivity contribution >= 4 is 33.1 Å². The van der Waals surface area contributed by atoms with E-state index >= 15 is 0 Å². The van der Waals surface area contributed by atoms with Gasteiger partial charge in [0.25, 0.3) is 5.56 Å². The van der Waals surface area contributed by atoms with Crippen LogP contribution < -0.4 is 15.2 Å². The van der Waals surface area contributed by atoms with Gasteiger partial charge >= 0.3 is 0 Å². The maximum absolute atomic E-state index is 12.6. The van der Waals surface area contributed by atoms with E-state index in [9.17, 15) is 4.79 Å². The molecule has 3 aromatic heterocycles. The van der Waals surface area contributed by atoms with E-state index in [1.807, 2.05) is 30.8 Å². The fraction of sp³-hybridized carbons (Fsp3) is 0.381. The lowest BCUT2D eigenvalue weighted by atomic mass is 10.1. The Bertz CT molecular complexity index is 1330. The second-order valence-electron chi connectivity index (χ2n) is 7.90. The van der Waals surface area contributed by atoms with Crippen LogP contribution >= 0.6 is 11.3 Å². The highest BCUT2D eigenvalue weighted by Crippen LogP contribution is 2.49. The second kappa shape index (κ2) is 7.45. The molecule has 0 spiro atoms. The number of ether oxygens (including phenoxy) is 1. The van der Waals surface area contributed by atoms with Crippen molar-refractivity contribution in [3.63, 3.8) is 0 Å². The minimum atomic E-state index is -0.216. The number of aromatic nitrogens is 6. The molecule has 5 rings (SSSR count). The second-order valence-corrected chi connectivity index (χ2v) is 9.06. The Labute approximate surface area is 182 Å². The van der Waals surface area contributed by atoms with Crippen LogP contribution in [0.1, 0.15) is 23.0 Å². The first kappa shape index (κ1) is 19.7. The third-order valence-electron chi connectivity index (χ3n) is 5.69. The molecular formula is C21H23N7O2S. The molecule has 1 fully saturated rings. The molecule has 1 aliphatic rings. The average Bonchev–Trinajstić information content (AvgIpc) is 3.28. The number of para-hydroxylation sites is 1. The molecule has 0 N–H and O–H groups in total.